The normalized spacial score (nSPS) is 20.1. The van der Waals surface area contributed by atoms with Crippen LogP contribution in [0.2, 0.25) is 0 Å². The Balaban J connectivity index is 2.15. The lowest BCUT2D eigenvalue weighted by Crippen LogP contribution is -2.68. The van der Waals surface area contributed by atoms with Gasteiger partial charge in [0.15, 0.2) is 0 Å². The summed E-state index contributed by atoms with van der Waals surface area (Å²) in [6, 6.07) is 0.758. The summed E-state index contributed by atoms with van der Waals surface area (Å²) in [6.45, 7) is 4.94. The van der Waals surface area contributed by atoms with Crippen molar-refractivity contribution in [2.75, 3.05) is 6.54 Å². The first-order valence-corrected chi connectivity index (χ1v) is 8.89. The fraction of sp³-hybridized carbons (Fsp3) is 0.526. The molecule has 1 heterocycles. The highest BCUT2D eigenvalue weighted by atomic mass is 19.1. The van der Waals surface area contributed by atoms with Crippen LogP contribution in [0.3, 0.4) is 0 Å². The Morgan fingerprint density at radius 2 is 1.93 bits per heavy atom. The second kappa shape index (κ2) is 8.64. The number of benzene rings is 1. The molecule has 154 valence electrons. The topological polar surface area (TPSA) is 95.9 Å². The number of aliphatic hydroxyl groups excluding tert-OH is 1. The summed E-state index contributed by atoms with van der Waals surface area (Å²) in [5.41, 5.74) is -0.630. The first kappa shape index (κ1) is 21.7. The molecule has 1 saturated heterocycles. The number of rotatable bonds is 6. The molecule has 2 amide bonds. The second-order valence-electron chi connectivity index (χ2n) is 7.65. The maximum atomic E-state index is 13.5. The van der Waals surface area contributed by atoms with Gasteiger partial charge in [0.05, 0.1) is 12.6 Å². The van der Waals surface area contributed by atoms with Gasteiger partial charge in [0, 0.05) is 12.5 Å². The predicted molar refractivity (Wildman–Crippen MR) is 95.3 cm³/mol. The zero-order chi connectivity index (χ0) is 21.1. The minimum Gasteiger partial charge on any atom is -0.444 e. The van der Waals surface area contributed by atoms with E-state index in [-0.39, 0.29) is 24.9 Å². The number of hydrogen-bond donors (Lipinski definition) is 2. The number of nitrogens with zero attached hydrogens (tertiary/aromatic N) is 1. The van der Waals surface area contributed by atoms with Gasteiger partial charge in [0.25, 0.3) is 0 Å². The molecule has 0 saturated carbocycles. The van der Waals surface area contributed by atoms with E-state index in [1.807, 2.05) is 0 Å². The van der Waals surface area contributed by atoms with E-state index in [0.29, 0.717) is 12.4 Å². The standard InChI is InChI=1S/C19H24F2N2O5/c1-19(2,3)28-18(27)23-10-15(25)16(23)17(26)22-14(5-4-6-24)11-7-12(20)9-13(21)8-11/h6-9,14-16,25H,4-5,10H2,1-3H3,(H,22,26). The molecule has 0 aromatic heterocycles. The quantitative estimate of drug-likeness (QED) is 0.716. The van der Waals surface area contributed by atoms with Crippen molar-refractivity contribution in [1.29, 1.82) is 0 Å². The Labute approximate surface area is 161 Å². The van der Waals surface area contributed by atoms with Crippen molar-refractivity contribution >= 4 is 18.3 Å². The molecule has 0 aliphatic carbocycles. The lowest BCUT2D eigenvalue weighted by Gasteiger charge is -2.44. The largest absolute Gasteiger partial charge is 0.444 e. The SMILES string of the molecule is CC(C)(C)OC(=O)N1CC(O)C1C(=O)NC(CCC=O)c1cc(F)cc(F)c1. The predicted octanol–water partition coefficient (Wildman–Crippen LogP) is 2.08. The van der Waals surface area contributed by atoms with Crippen molar-refractivity contribution in [3.63, 3.8) is 0 Å². The number of aliphatic hydroxyl groups is 1. The first-order valence-electron chi connectivity index (χ1n) is 8.89. The Morgan fingerprint density at radius 3 is 2.43 bits per heavy atom. The third-order valence-electron chi connectivity index (χ3n) is 4.16. The zero-order valence-electron chi connectivity index (χ0n) is 15.9. The summed E-state index contributed by atoms with van der Waals surface area (Å²) in [5, 5.41) is 12.5. The number of amides is 2. The van der Waals surface area contributed by atoms with E-state index in [0.717, 1.165) is 17.0 Å². The van der Waals surface area contributed by atoms with Gasteiger partial charge < -0.3 is 20.0 Å². The van der Waals surface area contributed by atoms with Crippen LogP contribution in [0.1, 0.15) is 45.2 Å². The summed E-state index contributed by atoms with van der Waals surface area (Å²) in [5.74, 6) is -2.34. The number of β-amino-alcohol motifs (C(OH)–C–C–N with tert-alkyl or cyclic N) is 1. The molecule has 3 atom stereocenters. The molecule has 1 aliphatic rings. The van der Waals surface area contributed by atoms with Crippen molar-refractivity contribution in [2.45, 2.75) is 57.4 Å². The average Bonchev–Trinajstić information content (AvgIpc) is 2.53. The molecule has 0 bridgehead atoms. The number of nitrogens with one attached hydrogen (secondary N) is 1. The minimum atomic E-state index is -1.19. The van der Waals surface area contributed by atoms with Crippen LogP contribution >= 0.6 is 0 Å². The third-order valence-corrected chi connectivity index (χ3v) is 4.16. The second-order valence-corrected chi connectivity index (χ2v) is 7.65. The number of carbonyl (C=O) groups excluding carboxylic acids is 3. The fourth-order valence-corrected chi connectivity index (χ4v) is 2.90. The Kier molecular flexibility index (Phi) is 6.71. The molecule has 1 aromatic carbocycles. The number of carbonyl (C=O) groups is 3. The molecule has 1 aliphatic heterocycles. The summed E-state index contributed by atoms with van der Waals surface area (Å²) < 4.78 is 32.3. The van der Waals surface area contributed by atoms with Gasteiger partial charge >= 0.3 is 6.09 Å². The number of hydrogen-bond acceptors (Lipinski definition) is 5. The van der Waals surface area contributed by atoms with Crippen LogP contribution in [0, 0.1) is 11.6 Å². The van der Waals surface area contributed by atoms with Crippen LogP contribution in [0.25, 0.3) is 0 Å². The van der Waals surface area contributed by atoms with Crippen molar-refractivity contribution in [3.8, 4) is 0 Å². The lowest BCUT2D eigenvalue weighted by molar-refractivity contribution is -0.142. The van der Waals surface area contributed by atoms with E-state index in [9.17, 15) is 28.3 Å². The molecule has 3 unspecified atom stereocenters. The summed E-state index contributed by atoms with van der Waals surface area (Å²) >= 11 is 0. The maximum absolute atomic E-state index is 13.5. The molecule has 0 radical (unpaired) electrons. The van der Waals surface area contributed by atoms with Gasteiger partial charge in [-0.15, -0.1) is 0 Å². The number of likely N-dealkylation sites (tertiary alicyclic amines) is 1. The molecule has 2 rings (SSSR count). The first-order chi connectivity index (χ1) is 13.0. The van der Waals surface area contributed by atoms with Crippen LogP contribution < -0.4 is 5.32 Å². The Morgan fingerprint density at radius 1 is 1.32 bits per heavy atom. The molecular formula is C19H24F2N2O5. The monoisotopic (exact) mass is 398 g/mol. The van der Waals surface area contributed by atoms with Crippen molar-refractivity contribution in [2.24, 2.45) is 0 Å². The highest BCUT2D eigenvalue weighted by Crippen LogP contribution is 2.25. The van der Waals surface area contributed by atoms with Gasteiger partial charge in [-0.3, -0.25) is 9.69 Å². The minimum absolute atomic E-state index is 0.0477. The number of ether oxygens (including phenoxy) is 1. The van der Waals surface area contributed by atoms with E-state index in [2.05, 4.69) is 5.32 Å². The van der Waals surface area contributed by atoms with Crippen LogP contribution in [0.15, 0.2) is 18.2 Å². The molecule has 28 heavy (non-hydrogen) atoms. The summed E-state index contributed by atoms with van der Waals surface area (Å²) in [7, 11) is 0. The van der Waals surface area contributed by atoms with Crippen LogP contribution in [0.4, 0.5) is 13.6 Å². The number of aldehydes is 1. The molecule has 1 aromatic rings. The molecule has 1 fully saturated rings. The van der Waals surface area contributed by atoms with Gasteiger partial charge in [-0.25, -0.2) is 13.6 Å². The van der Waals surface area contributed by atoms with Gasteiger partial charge in [-0.05, 0) is 44.9 Å². The summed E-state index contributed by atoms with van der Waals surface area (Å²) in [4.78, 5) is 36.6. The van der Waals surface area contributed by atoms with Gasteiger partial charge in [0.1, 0.15) is 35.7 Å². The van der Waals surface area contributed by atoms with E-state index in [4.69, 9.17) is 4.74 Å². The lowest BCUT2D eigenvalue weighted by atomic mass is 9.96. The van der Waals surface area contributed by atoms with Crippen molar-refractivity contribution < 1.29 is 33.0 Å². The Hall–Kier alpha value is -2.55. The molecule has 0 spiro atoms. The van der Waals surface area contributed by atoms with Gasteiger partial charge in [-0.1, -0.05) is 0 Å². The zero-order valence-corrected chi connectivity index (χ0v) is 15.9. The molecule has 2 N–H and O–H groups in total. The van der Waals surface area contributed by atoms with Gasteiger partial charge in [0.2, 0.25) is 5.91 Å². The maximum Gasteiger partial charge on any atom is 0.411 e. The highest BCUT2D eigenvalue weighted by Gasteiger charge is 2.47. The average molecular weight is 398 g/mol. The Bertz CT molecular complexity index is 730. The molecular weight excluding hydrogens is 374 g/mol. The smallest absolute Gasteiger partial charge is 0.411 e. The fourth-order valence-electron chi connectivity index (χ4n) is 2.90. The van der Waals surface area contributed by atoms with E-state index >= 15 is 0 Å². The number of halogens is 2. The van der Waals surface area contributed by atoms with Gasteiger partial charge in [-0.2, -0.15) is 0 Å². The van der Waals surface area contributed by atoms with Crippen molar-refractivity contribution in [1.82, 2.24) is 10.2 Å². The van der Waals surface area contributed by atoms with Crippen LogP contribution in [-0.2, 0) is 14.3 Å². The summed E-state index contributed by atoms with van der Waals surface area (Å²) in [6.07, 6.45) is -1.07. The van der Waals surface area contributed by atoms with E-state index in [1.165, 1.54) is 0 Å². The van der Waals surface area contributed by atoms with E-state index in [1.54, 1.807) is 20.8 Å². The molecule has 7 nitrogen and oxygen atoms in total. The molecule has 9 heteroatoms. The van der Waals surface area contributed by atoms with E-state index < -0.39 is 47.4 Å². The van der Waals surface area contributed by atoms with Crippen molar-refractivity contribution in [3.05, 3.63) is 35.4 Å². The van der Waals surface area contributed by atoms with Crippen LogP contribution in [0.5, 0.6) is 0 Å². The third kappa shape index (κ3) is 5.48. The highest BCUT2D eigenvalue weighted by molar-refractivity contribution is 5.88. The van der Waals surface area contributed by atoms with Crippen LogP contribution in [-0.4, -0.2) is 52.6 Å².